The van der Waals surface area contributed by atoms with Gasteiger partial charge in [0.15, 0.2) is 0 Å². The number of methoxy groups -OCH3 is 1. The van der Waals surface area contributed by atoms with Gasteiger partial charge in [0.25, 0.3) is 21.6 Å². The van der Waals surface area contributed by atoms with E-state index in [2.05, 4.69) is 50.5 Å². The summed E-state index contributed by atoms with van der Waals surface area (Å²) in [5.74, 6) is -1.28. The van der Waals surface area contributed by atoms with Gasteiger partial charge in [0.05, 0.1) is 28.7 Å². The van der Waals surface area contributed by atoms with E-state index < -0.39 is 31.7 Å². The van der Waals surface area contributed by atoms with E-state index in [9.17, 15) is 28.1 Å². The maximum absolute atomic E-state index is 14.0. The number of carbonyl (C=O) groups excluding carboxylic acids is 2. The molecule has 3 aliphatic rings. The van der Waals surface area contributed by atoms with Gasteiger partial charge in [0, 0.05) is 79.1 Å². The van der Waals surface area contributed by atoms with Crippen LogP contribution in [0.5, 0.6) is 11.5 Å². The van der Waals surface area contributed by atoms with E-state index in [1.165, 1.54) is 42.1 Å². The van der Waals surface area contributed by atoms with Crippen LogP contribution in [0.15, 0.2) is 89.6 Å². The molecule has 0 spiro atoms. The Morgan fingerprint density at radius 2 is 1.80 bits per heavy atom. The normalized spacial score (nSPS) is 17.9. The zero-order valence-corrected chi connectivity index (χ0v) is 35.8. The fourth-order valence-electron chi connectivity index (χ4n) is 8.77. The minimum atomic E-state index is -4.61. The fourth-order valence-corrected chi connectivity index (χ4v) is 9.94. The van der Waals surface area contributed by atoms with Gasteiger partial charge >= 0.3 is 5.97 Å². The Balaban J connectivity index is 1.03. The van der Waals surface area contributed by atoms with Crippen molar-refractivity contribution >= 4 is 61.5 Å². The van der Waals surface area contributed by atoms with E-state index in [4.69, 9.17) is 21.1 Å². The number of anilines is 1. The number of nitro benzene ring substituents is 1. The van der Waals surface area contributed by atoms with Gasteiger partial charge < -0.3 is 19.4 Å². The first kappa shape index (κ1) is 41.9. The molecule has 0 unspecified atom stereocenters. The summed E-state index contributed by atoms with van der Waals surface area (Å²) in [5.41, 5.74) is 6.09. The molecular formula is C45H47ClN6O8S. The van der Waals surface area contributed by atoms with Gasteiger partial charge in [-0.3, -0.25) is 24.6 Å². The molecule has 1 aliphatic heterocycles. The number of halogens is 1. The number of rotatable bonds is 12. The molecule has 0 saturated carbocycles. The van der Waals surface area contributed by atoms with Crippen LogP contribution in [0.4, 0.5) is 11.4 Å². The second-order valence-electron chi connectivity index (χ2n) is 16.9. The van der Waals surface area contributed by atoms with Gasteiger partial charge in [-0.1, -0.05) is 43.2 Å². The molecule has 5 aromatic rings. The van der Waals surface area contributed by atoms with Crippen molar-refractivity contribution in [2.24, 2.45) is 11.3 Å². The highest BCUT2D eigenvalue weighted by Gasteiger charge is 2.34. The van der Waals surface area contributed by atoms with E-state index in [0.717, 1.165) is 61.1 Å². The summed E-state index contributed by atoms with van der Waals surface area (Å²) in [5, 5.41) is 13.6. The summed E-state index contributed by atoms with van der Waals surface area (Å²) in [6.07, 6.45) is 6.93. The summed E-state index contributed by atoms with van der Waals surface area (Å²) in [6, 6.07) is 19.0. The van der Waals surface area contributed by atoms with Crippen LogP contribution in [-0.2, 0) is 32.4 Å². The van der Waals surface area contributed by atoms with Crippen LogP contribution in [0.1, 0.15) is 66.6 Å². The molecule has 3 heterocycles. The van der Waals surface area contributed by atoms with E-state index in [1.54, 1.807) is 24.4 Å². The minimum Gasteiger partial charge on any atom is -0.469 e. The number of hydrogen-bond donors (Lipinski definition) is 2. The number of nitrogens with one attached hydrogen (secondary N) is 2. The van der Waals surface area contributed by atoms with Crippen molar-refractivity contribution in [1.82, 2.24) is 19.6 Å². The van der Waals surface area contributed by atoms with E-state index >= 15 is 0 Å². The molecule has 2 N–H and O–H groups in total. The van der Waals surface area contributed by atoms with Crippen LogP contribution in [0.3, 0.4) is 0 Å². The first-order valence-electron chi connectivity index (χ1n) is 20.3. The number of sulfonamides is 1. The number of ether oxygens (including phenoxy) is 2. The third-order valence-electron chi connectivity index (χ3n) is 12.1. The predicted octanol–water partition coefficient (Wildman–Crippen LogP) is 8.10. The van der Waals surface area contributed by atoms with E-state index in [-0.39, 0.29) is 47.6 Å². The predicted molar refractivity (Wildman–Crippen MR) is 233 cm³/mol. The highest BCUT2D eigenvalue weighted by Crippen LogP contribution is 2.44. The van der Waals surface area contributed by atoms with Crippen molar-refractivity contribution in [2.75, 3.05) is 44.7 Å². The van der Waals surface area contributed by atoms with Gasteiger partial charge in [0.1, 0.15) is 17.1 Å². The Labute approximate surface area is 359 Å². The highest BCUT2D eigenvalue weighted by atomic mass is 35.5. The summed E-state index contributed by atoms with van der Waals surface area (Å²) in [7, 11) is -3.35. The molecule has 0 radical (unpaired) electrons. The van der Waals surface area contributed by atoms with Crippen LogP contribution in [0, 0.1) is 21.4 Å². The van der Waals surface area contributed by atoms with Crippen LogP contribution < -0.4 is 14.4 Å². The van der Waals surface area contributed by atoms with Crippen molar-refractivity contribution in [3.63, 3.8) is 0 Å². The zero-order chi connectivity index (χ0) is 43.1. The number of allylic oxidation sites excluding steroid dienone is 1. The lowest BCUT2D eigenvalue weighted by molar-refractivity contribution is -0.385. The smallest absolute Gasteiger partial charge is 0.305 e. The molecule has 16 heteroatoms. The molecule has 1 fully saturated rings. The van der Waals surface area contributed by atoms with Crippen molar-refractivity contribution in [3.8, 4) is 11.5 Å². The molecule has 1 amide bonds. The fraction of sp³-hybridized carbons (Fsp3) is 0.356. The third kappa shape index (κ3) is 9.28. The molecule has 318 valence electrons. The average Bonchev–Trinajstić information content (AvgIpc) is 3.87. The number of amides is 1. The van der Waals surface area contributed by atoms with Crippen molar-refractivity contribution in [3.05, 3.63) is 122 Å². The zero-order valence-electron chi connectivity index (χ0n) is 34.2. The Morgan fingerprint density at radius 1 is 1.03 bits per heavy atom. The van der Waals surface area contributed by atoms with Crippen LogP contribution in [0.2, 0.25) is 5.02 Å². The summed E-state index contributed by atoms with van der Waals surface area (Å²) < 4.78 is 40.8. The highest BCUT2D eigenvalue weighted by molar-refractivity contribution is 7.90. The minimum absolute atomic E-state index is 0.0327. The Hall–Kier alpha value is -5.77. The third-order valence-corrected chi connectivity index (χ3v) is 13.6. The maximum atomic E-state index is 14.0. The second-order valence-corrected chi connectivity index (χ2v) is 19.0. The summed E-state index contributed by atoms with van der Waals surface area (Å²) in [6.45, 7) is 8.56. The lowest BCUT2D eigenvalue weighted by Crippen LogP contribution is -2.47. The lowest BCUT2D eigenvalue weighted by atomic mass is 9.72. The SMILES string of the molecule is COC(=O)C[C@@H]1Cc2cc(S(=O)(=O)NC(=O)c3ccc(N4CCN(CC5=C(c6ccc(Cl)cc6)CC(C)(C)CC5)CC4)cc3Oc3cnc4[nH]ccc4c3)cc([N+](=O)[O-])c2C1. The quantitative estimate of drug-likeness (QED) is 0.0704. The van der Waals surface area contributed by atoms with Crippen molar-refractivity contribution in [2.45, 2.75) is 57.3 Å². The number of pyridine rings is 1. The van der Waals surface area contributed by atoms with Crippen LogP contribution in [0.25, 0.3) is 16.6 Å². The number of nitrogens with zero attached hydrogens (tertiary/aromatic N) is 4. The molecule has 2 aliphatic carbocycles. The number of fused-ring (bicyclic) bond motifs is 2. The van der Waals surface area contributed by atoms with E-state index in [1.807, 2.05) is 18.2 Å². The van der Waals surface area contributed by atoms with Crippen molar-refractivity contribution < 1.29 is 32.4 Å². The first-order valence-corrected chi connectivity index (χ1v) is 22.1. The molecule has 1 atom stereocenters. The van der Waals surface area contributed by atoms with Crippen molar-refractivity contribution in [1.29, 1.82) is 0 Å². The number of benzene rings is 3. The molecule has 8 rings (SSSR count). The van der Waals surface area contributed by atoms with Crippen LogP contribution >= 0.6 is 11.6 Å². The first-order chi connectivity index (χ1) is 29.1. The number of esters is 1. The molecule has 61 heavy (non-hydrogen) atoms. The van der Waals surface area contributed by atoms with Gasteiger partial charge in [-0.15, -0.1) is 0 Å². The standard InChI is InChI=1S/C45H47ClN6O8S/c1-45(2)12-10-31(39(25-45)29-4-6-33(46)7-5-29)27-50-14-16-51(17-15-50)34-8-9-37(41(23-34)60-35-21-30-11-13-47-43(30)48-26-35)44(54)49-61(57,58)36-22-32-18-28(20-42(53)59-3)19-38(32)40(24-36)52(55)56/h4-9,11,13,21-24,26,28H,10,12,14-20,25,27H2,1-3H3,(H,47,48)(H,49,54)/t28-/m1/s1. The number of piperazine rings is 1. The number of hydrogen-bond acceptors (Lipinski definition) is 11. The monoisotopic (exact) mass is 866 g/mol. The molecule has 3 aromatic carbocycles. The molecule has 2 aromatic heterocycles. The Morgan fingerprint density at radius 3 is 2.54 bits per heavy atom. The van der Waals surface area contributed by atoms with Gasteiger partial charge in [0.2, 0.25) is 0 Å². The Bertz CT molecular complexity index is 2670. The number of aromatic amines is 1. The molecule has 1 saturated heterocycles. The number of carbonyl (C=O) groups is 2. The molecule has 14 nitrogen and oxygen atoms in total. The molecule has 0 bridgehead atoms. The largest absolute Gasteiger partial charge is 0.469 e. The van der Waals surface area contributed by atoms with Gasteiger partial charge in [-0.2, -0.15) is 0 Å². The van der Waals surface area contributed by atoms with Gasteiger partial charge in [-0.05, 0) is 103 Å². The number of H-pyrrole nitrogens is 1. The molecular weight excluding hydrogens is 820 g/mol. The maximum Gasteiger partial charge on any atom is 0.305 e. The van der Waals surface area contributed by atoms with E-state index in [0.29, 0.717) is 35.6 Å². The van der Waals surface area contributed by atoms with Gasteiger partial charge in [-0.25, -0.2) is 18.1 Å². The topological polar surface area (TPSA) is 177 Å². The Kier molecular flexibility index (Phi) is 11.7. The summed E-state index contributed by atoms with van der Waals surface area (Å²) >= 11 is 6.24. The second kappa shape index (κ2) is 16.9. The lowest BCUT2D eigenvalue weighted by Gasteiger charge is -2.39. The number of nitro groups is 1. The summed E-state index contributed by atoms with van der Waals surface area (Å²) in [4.78, 5) is 49.1. The number of aromatic nitrogens is 2. The van der Waals surface area contributed by atoms with Crippen LogP contribution in [-0.4, -0.2) is 79.9 Å². The average molecular weight is 867 g/mol.